The van der Waals surface area contributed by atoms with Gasteiger partial charge in [-0.2, -0.15) is 0 Å². The van der Waals surface area contributed by atoms with E-state index in [1.165, 1.54) is 0 Å². The van der Waals surface area contributed by atoms with Gasteiger partial charge in [0, 0.05) is 30.9 Å². The molecule has 0 aliphatic carbocycles. The number of fused-ring (bicyclic) bond motifs is 1. The topological polar surface area (TPSA) is 97.5 Å². The highest BCUT2D eigenvalue weighted by molar-refractivity contribution is 5.78. The molecule has 0 spiro atoms. The zero-order valence-corrected chi connectivity index (χ0v) is 12.8. The minimum Gasteiger partial charge on any atom is -0.493 e. The van der Waals surface area contributed by atoms with Crippen LogP contribution in [0.4, 0.5) is 5.82 Å². The van der Waals surface area contributed by atoms with Crippen molar-refractivity contribution in [1.82, 2.24) is 15.3 Å². The Morgan fingerprint density at radius 2 is 2.26 bits per heavy atom. The van der Waals surface area contributed by atoms with Crippen LogP contribution < -0.4 is 21.1 Å². The fraction of sp³-hybridized carbons (Fsp3) is 0.312. The average Bonchev–Trinajstić information content (AvgIpc) is 2.60. The second-order valence-corrected chi connectivity index (χ2v) is 5.16. The molecule has 1 atom stereocenters. The fourth-order valence-electron chi connectivity index (χ4n) is 2.47. The van der Waals surface area contributed by atoms with E-state index < -0.39 is 0 Å². The maximum Gasteiger partial charge on any atom is 0.189 e. The Bertz CT molecular complexity index is 661. The Morgan fingerprint density at radius 1 is 1.35 bits per heavy atom. The normalized spacial score (nSPS) is 17.0. The molecule has 1 aromatic heterocycles. The van der Waals surface area contributed by atoms with Gasteiger partial charge >= 0.3 is 0 Å². The molecule has 2 aromatic rings. The molecule has 7 heteroatoms. The van der Waals surface area contributed by atoms with Crippen LogP contribution in [0.5, 0.6) is 5.75 Å². The number of aliphatic imine (C=N–C) groups is 1. The van der Waals surface area contributed by atoms with Crippen LogP contribution in [0.1, 0.15) is 18.0 Å². The molecule has 4 N–H and O–H groups in total. The minimum atomic E-state index is 0.136. The second-order valence-electron chi connectivity index (χ2n) is 5.16. The number of rotatable bonds is 5. The number of hydrogen-bond donors (Lipinski definition) is 3. The number of hydrogen-bond acceptors (Lipinski definition) is 5. The molecule has 0 saturated carbocycles. The van der Waals surface area contributed by atoms with Crippen molar-refractivity contribution in [3.63, 3.8) is 0 Å². The Morgan fingerprint density at radius 3 is 3.13 bits per heavy atom. The van der Waals surface area contributed by atoms with Crippen molar-refractivity contribution < 1.29 is 4.74 Å². The third kappa shape index (κ3) is 4.09. The lowest BCUT2D eigenvalue weighted by molar-refractivity contribution is 0.262. The van der Waals surface area contributed by atoms with Crippen molar-refractivity contribution in [2.75, 3.05) is 25.0 Å². The standard InChI is InChI=1S/C16H20N6O/c17-16(21-9-8-20-15-11-18-6-7-19-15)22-13-5-10-23-14-4-2-1-3-12(13)14/h1-4,6-7,11,13H,5,8-10H2,(H,19,20)(H3,17,21,22). The molecule has 23 heavy (non-hydrogen) atoms. The molecule has 0 amide bonds. The van der Waals surface area contributed by atoms with Crippen molar-refractivity contribution in [2.24, 2.45) is 10.7 Å². The van der Waals surface area contributed by atoms with E-state index in [2.05, 4.69) is 31.7 Å². The number of nitrogens with zero attached hydrogens (tertiary/aromatic N) is 3. The summed E-state index contributed by atoms with van der Waals surface area (Å²) in [5.74, 6) is 2.08. The number of nitrogens with two attached hydrogens (primary N) is 1. The van der Waals surface area contributed by atoms with Gasteiger partial charge in [-0.1, -0.05) is 18.2 Å². The largest absolute Gasteiger partial charge is 0.493 e. The number of nitrogens with one attached hydrogen (secondary N) is 2. The van der Waals surface area contributed by atoms with Gasteiger partial charge in [-0.3, -0.25) is 9.98 Å². The van der Waals surface area contributed by atoms with E-state index in [0.717, 1.165) is 23.6 Å². The first-order valence-corrected chi connectivity index (χ1v) is 7.61. The molecule has 0 fully saturated rings. The third-order valence-corrected chi connectivity index (χ3v) is 3.54. The first kappa shape index (κ1) is 15.1. The van der Waals surface area contributed by atoms with Gasteiger partial charge in [-0.05, 0) is 6.07 Å². The molecule has 0 bridgehead atoms. The van der Waals surface area contributed by atoms with E-state index in [0.29, 0.717) is 25.7 Å². The van der Waals surface area contributed by atoms with E-state index in [9.17, 15) is 0 Å². The smallest absolute Gasteiger partial charge is 0.189 e. The minimum absolute atomic E-state index is 0.136. The second kappa shape index (κ2) is 7.44. The van der Waals surface area contributed by atoms with Crippen LogP contribution in [-0.4, -0.2) is 35.6 Å². The van der Waals surface area contributed by atoms with Crippen molar-refractivity contribution in [2.45, 2.75) is 12.5 Å². The molecule has 0 radical (unpaired) electrons. The van der Waals surface area contributed by atoms with Crippen LogP contribution >= 0.6 is 0 Å². The lowest BCUT2D eigenvalue weighted by Crippen LogP contribution is -2.37. The van der Waals surface area contributed by atoms with Gasteiger partial charge < -0.3 is 21.1 Å². The summed E-state index contributed by atoms with van der Waals surface area (Å²) in [7, 11) is 0. The van der Waals surface area contributed by atoms with Crippen LogP contribution in [0.25, 0.3) is 0 Å². The molecule has 7 nitrogen and oxygen atoms in total. The van der Waals surface area contributed by atoms with Gasteiger partial charge in [0.1, 0.15) is 11.6 Å². The van der Waals surface area contributed by atoms with Crippen molar-refractivity contribution in [3.05, 3.63) is 48.4 Å². The van der Waals surface area contributed by atoms with E-state index in [-0.39, 0.29) is 6.04 Å². The monoisotopic (exact) mass is 312 g/mol. The Balaban J connectivity index is 1.50. The summed E-state index contributed by atoms with van der Waals surface area (Å²) in [6.07, 6.45) is 5.82. The third-order valence-electron chi connectivity index (χ3n) is 3.54. The Labute approximate surface area is 135 Å². The lowest BCUT2D eigenvalue weighted by atomic mass is 10.0. The number of aromatic nitrogens is 2. The molecule has 1 aliphatic rings. The van der Waals surface area contributed by atoms with Crippen molar-refractivity contribution >= 4 is 11.8 Å². The molecular weight excluding hydrogens is 292 g/mol. The van der Waals surface area contributed by atoms with Crippen LogP contribution in [0.2, 0.25) is 0 Å². The van der Waals surface area contributed by atoms with Crippen LogP contribution in [0.3, 0.4) is 0 Å². The summed E-state index contributed by atoms with van der Waals surface area (Å²) in [6.45, 7) is 1.88. The highest BCUT2D eigenvalue weighted by Gasteiger charge is 2.20. The van der Waals surface area contributed by atoms with Gasteiger partial charge in [0.25, 0.3) is 0 Å². The zero-order chi connectivity index (χ0) is 15.9. The van der Waals surface area contributed by atoms with Crippen molar-refractivity contribution in [1.29, 1.82) is 0 Å². The van der Waals surface area contributed by atoms with E-state index in [1.54, 1.807) is 18.6 Å². The zero-order valence-electron chi connectivity index (χ0n) is 12.8. The molecular formula is C16H20N6O. The maximum absolute atomic E-state index is 5.98. The summed E-state index contributed by atoms with van der Waals surface area (Å²) in [4.78, 5) is 12.5. The fourth-order valence-corrected chi connectivity index (χ4v) is 2.47. The Hall–Kier alpha value is -2.83. The van der Waals surface area contributed by atoms with Gasteiger partial charge in [0.05, 0.1) is 25.4 Å². The molecule has 0 saturated heterocycles. The van der Waals surface area contributed by atoms with Crippen LogP contribution in [0, 0.1) is 0 Å². The van der Waals surface area contributed by atoms with E-state index in [4.69, 9.17) is 10.5 Å². The summed E-state index contributed by atoms with van der Waals surface area (Å²) in [5, 5.41) is 6.40. The van der Waals surface area contributed by atoms with Gasteiger partial charge in [0.15, 0.2) is 5.96 Å². The first-order valence-electron chi connectivity index (χ1n) is 7.61. The van der Waals surface area contributed by atoms with Gasteiger partial charge in [-0.25, -0.2) is 4.98 Å². The van der Waals surface area contributed by atoms with Crippen LogP contribution in [-0.2, 0) is 0 Å². The summed E-state index contributed by atoms with van der Waals surface area (Å²) in [6, 6.07) is 8.13. The summed E-state index contributed by atoms with van der Waals surface area (Å²) in [5.41, 5.74) is 7.10. The van der Waals surface area contributed by atoms with Gasteiger partial charge in [0.2, 0.25) is 0 Å². The van der Waals surface area contributed by atoms with E-state index in [1.807, 2.05) is 18.2 Å². The number of para-hydroxylation sites is 1. The summed E-state index contributed by atoms with van der Waals surface area (Å²) >= 11 is 0. The molecule has 1 aromatic carbocycles. The molecule has 1 unspecified atom stereocenters. The molecule has 120 valence electrons. The van der Waals surface area contributed by atoms with E-state index >= 15 is 0 Å². The molecule has 3 rings (SSSR count). The van der Waals surface area contributed by atoms with Crippen molar-refractivity contribution in [3.8, 4) is 5.75 Å². The van der Waals surface area contributed by atoms with Gasteiger partial charge in [-0.15, -0.1) is 0 Å². The predicted octanol–water partition coefficient (Wildman–Crippen LogP) is 1.32. The maximum atomic E-state index is 5.98. The predicted molar refractivity (Wildman–Crippen MR) is 89.4 cm³/mol. The average molecular weight is 312 g/mol. The number of ether oxygens (including phenoxy) is 1. The number of benzene rings is 1. The highest BCUT2D eigenvalue weighted by Crippen LogP contribution is 2.31. The highest BCUT2D eigenvalue weighted by atomic mass is 16.5. The van der Waals surface area contributed by atoms with Crippen LogP contribution in [0.15, 0.2) is 47.8 Å². The lowest BCUT2D eigenvalue weighted by Gasteiger charge is -2.26. The summed E-state index contributed by atoms with van der Waals surface area (Å²) < 4.78 is 5.64. The first-order chi connectivity index (χ1) is 11.3. The Kier molecular flexibility index (Phi) is 4.88. The number of guanidine groups is 1. The quantitative estimate of drug-likeness (QED) is 0.437. The molecule has 1 aliphatic heterocycles. The number of anilines is 1. The molecule has 2 heterocycles. The SMILES string of the molecule is NC(=NCCNc1cnccn1)NC1CCOc2ccccc21.